The second-order valence-corrected chi connectivity index (χ2v) is 7.14. The molecule has 3 rings (SSSR count). The molecule has 1 fully saturated rings. The minimum absolute atomic E-state index is 0. The van der Waals surface area contributed by atoms with Gasteiger partial charge < -0.3 is 10.6 Å². The number of hydrogen-bond acceptors (Lipinski definition) is 3. The number of halogens is 1. The van der Waals surface area contributed by atoms with Crippen LogP contribution in [0.3, 0.4) is 0 Å². The van der Waals surface area contributed by atoms with Gasteiger partial charge in [0.05, 0.1) is 6.54 Å². The second-order valence-electron chi connectivity index (χ2n) is 7.14. The van der Waals surface area contributed by atoms with Gasteiger partial charge in [-0.3, -0.25) is 5.10 Å². The maximum absolute atomic E-state index is 4.78. The van der Waals surface area contributed by atoms with E-state index in [4.69, 9.17) is 4.99 Å². The van der Waals surface area contributed by atoms with E-state index in [1.807, 2.05) is 12.1 Å². The van der Waals surface area contributed by atoms with Gasteiger partial charge in [0, 0.05) is 18.7 Å². The highest BCUT2D eigenvalue weighted by Crippen LogP contribution is 2.40. The molecule has 0 spiro atoms. The van der Waals surface area contributed by atoms with Crippen molar-refractivity contribution >= 4 is 29.9 Å². The summed E-state index contributed by atoms with van der Waals surface area (Å²) in [6.07, 6.45) is 8.14. The predicted molar refractivity (Wildman–Crippen MR) is 121 cm³/mol. The Labute approximate surface area is 179 Å². The van der Waals surface area contributed by atoms with E-state index in [1.165, 1.54) is 38.4 Å². The highest BCUT2D eigenvalue weighted by Gasteiger charge is 2.31. The second kappa shape index (κ2) is 10.6. The Hall–Kier alpha value is -1.64. The molecule has 0 radical (unpaired) electrons. The van der Waals surface area contributed by atoms with Crippen LogP contribution in [0.4, 0.5) is 0 Å². The molecule has 1 aromatic carbocycles. The summed E-state index contributed by atoms with van der Waals surface area (Å²) in [5, 5.41) is 13.8. The summed E-state index contributed by atoms with van der Waals surface area (Å²) < 4.78 is 0. The number of rotatable bonds is 7. The van der Waals surface area contributed by atoms with Crippen LogP contribution < -0.4 is 10.6 Å². The molecule has 0 aliphatic heterocycles. The fourth-order valence-electron chi connectivity index (χ4n) is 3.73. The maximum Gasteiger partial charge on any atom is 0.191 e. The first-order chi connectivity index (χ1) is 12.7. The summed E-state index contributed by atoms with van der Waals surface area (Å²) in [4.78, 5) is 9.00. The van der Waals surface area contributed by atoms with Crippen molar-refractivity contribution in [1.29, 1.82) is 0 Å². The highest BCUT2D eigenvalue weighted by molar-refractivity contribution is 14.0. The van der Waals surface area contributed by atoms with Crippen molar-refractivity contribution in [2.24, 2.45) is 10.4 Å². The molecule has 0 bridgehead atoms. The van der Waals surface area contributed by atoms with Crippen LogP contribution in [0.15, 0.2) is 35.6 Å². The first kappa shape index (κ1) is 21.7. The zero-order valence-corrected chi connectivity index (χ0v) is 18.6. The standard InChI is InChI=1S/C20H30N6.HI/c1-3-20(10-5-6-11-20)14-23-19(21-4-2)22-13-16-8-7-9-17(12-16)18-24-15-25-26-18;/h7-9,12,15H,3-6,10-11,13-14H2,1-2H3,(H2,21,22,23)(H,24,25,26);1H. The number of guanidine groups is 1. The molecular formula is C20H31IN6. The molecule has 1 saturated carbocycles. The largest absolute Gasteiger partial charge is 0.357 e. The summed E-state index contributed by atoms with van der Waals surface area (Å²) in [6.45, 7) is 6.92. The van der Waals surface area contributed by atoms with Crippen LogP contribution in [0.5, 0.6) is 0 Å². The van der Waals surface area contributed by atoms with Crippen LogP contribution in [-0.4, -0.2) is 34.2 Å². The predicted octanol–water partition coefficient (Wildman–Crippen LogP) is 4.12. The molecule has 7 heteroatoms. The number of aromatic nitrogens is 3. The minimum atomic E-state index is 0. The number of aliphatic imine (C=N–C) groups is 1. The van der Waals surface area contributed by atoms with Gasteiger partial charge in [-0.15, -0.1) is 24.0 Å². The summed E-state index contributed by atoms with van der Waals surface area (Å²) in [6, 6.07) is 8.27. The van der Waals surface area contributed by atoms with Crippen molar-refractivity contribution in [3.8, 4) is 11.4 Å². The molecule has 3 N–H and O–H groups in total. The fraction of sp³-hybridized carbons (Fsp3) is 0.550. The van der Waals surface area contributed by atoms with E-state index in [0.29, 0.717) is 12.0 Å². The smallest absolute Gasteiger partial charge is 0.191 e. The van der Waals surface area contributed by atoms with Gasteiger partial charge in [-0.05, 0) is 43.2 Å². The summed E-state index contributed by atoms with van der Waals surface area (Å²) in [5.74, 6) is 1.68. The number of hydrogen-bond donors (Lipinski definition) is 3. The molecule has 6 nitrogen and oxygen atoms in total. The average molecular weight is 482 g/mol. The van der Waals surface area contributed by atoms with E-state index >= 15 is 0 Å². The fourth-order valence-corrected chi connectivity index (χ4v) is 3.73. The van der Waals surface area contributed by atoms with Crippen molar-refractivity contribution in [1.82, 2.24) is 25.8 Å². The molecule has 0 saturated heterocycles. The number of aromatic amines is 1. The lowest BCUT2D eigenvalue weighted by Crippen LogP contribution is -2.42. The van der Waals surface area contributed by atoms with Crippen molar-refractivity contribution in [3.63, 3.8) is 0 Å². The minimum Gasteiger partial charge on any atom is -0.357 e. The van der Waals surface area contributed by atoms with Crippen LogP contribution in [0.2, 0.25) is 0 Å². The average Bonchev–Trinajstić information content (AvgIpc) is 3.37. The Morgan fingerprint density at radius 2 is 2.04 bits per heavy atom. The Kier molecular flexibility index (Phi) is 8.53. The molecular weight excluding hydrogens is 451 g/mol. The lowest BCUT2D eigenvalue weighted by molar-refractivity contribution is 0.283. The van der Waals surface area contributed by atoms with Gasteiger partial charge in [-0.1, -0.05) is 38.0 Å². The Bertz CT molecular complexity index is 707. The summed E-state index contributed by atoms with van der Waals surface area (Å²) >= 11 is 0. The van der Waals surface area contributed by atoms with Crippen LogP contribution in [-0.2, 0) is 6.54 Å². The first-order valence-electron chi connectivity index (χ1n) is 9.71. The summed E-state index contributed by atoms with van der Waals surface area (Å²) in [7, 11) is 0. The third kappa shape index (κ3) is 5.92. The third-order valence-corrected chi connectivity index (χ3v) is 5.42. The van der Waals surface area contributed by atoms with Gasteiger partial charge in [-0.2, -0.15) is 5.10 Å². The summed E-state index contributed by atoms with van der Waals surface area (Å²) in [5.41, 5.74) is 2.63. The zero-order chi connectivity index (χ0) is 18.2. The van der Waals surface area contributed by atoms with E-state index < -0.39 is 0 Å². The number of H-pyrrole nitrogens is 1. The van der Waals surface area contributed by atoms with Gasteiger partial charge in [0.15, 0.2) is 11.8 Å². The Morgan fingerprint density at radius 1 is 1.22 bits per heavy atom. The van der Waals surface area contributed by atoms with Gasteiger partial charge in [-0.25, -0.2) is 9.98 Å². The molecule has 1 aromatic heterocycles. The maximum atomic E-state index is 4.78. The van der Waals surface area contributed by atoms with E-state index in [0.717, 1.165) is 36.0 Å². The van der Waals surface area contributed by atoms with E-state index in [9.17, 15) is 0 Å². The van der Waals surface area contributed by atoms with Crippen molar-refractivity contribution in [2.75, 3.05) is 13.1 Å². The van der Waals surface area contributed by atoms with E-state index in [-0.39, 0.29) is 24.0 Å². The molecule has 148 valence electrons. The molecule has 2 aromatic rings. The number of benzene rings is 1. The van der Waals surface area contributed by atoms with Crippen molar-refractivity contribution < 1.29 is 0 Å². The monoisotopic (exact) mass is 482 g/mol. The van der Waals surface area contributed by atoms with E-state index in [2.05, 4.69) is 51.8 Å². The van der Waals surface area contributed by atoms with Crippen LogP contribution in [0.25, 0.3) is 11.4 Å². The van der Waals surface area contributed by atoms with Crippen LogP contribution in [0, 0.1) is 5.41 Å². The molecule has 1 aliphatic carbocycles. The van der Waals surface area contributed by atoms with Gasteiger partial charge in [0.2, 0.25) is 0 Å². The SMILES string of the molecule is CCNC(=NCc1cccc(-c2ncn[nH]2)c1)NCC1(CC)CCCC1.I. The molecule has 27 heavy (non-hydrogen) atoms. The van der Waals surface area contributed by atoms with Crippen LogP contribution in [0.1, 0.15) is 51.5 Å². The molecule has 0 amide bonds. The number of nitrogens with zero attached hydrogens (tertiary/aromatic N) is 3. The molecule has 0 atom stereocenters. The lowest BCUT2D eigenvalue weighted by Gasteiger charge is -2.28. The molecule has 1 heterocycles. The number of nitrogens with one attached hydrogen (secondary N) is 3. The van der Waals surface area contributed by atoms with E-state index in [1.54, 1.807) is 0 Å². The third-order valence-electron chi connectivity index (χ3n) is 5.42. The zero-order valence-electron chi connectivity index (χ0n) is 16.3. The van der Waals surface area contributed by atoms with Crippen molar-refractivity contribution in [2.45, 2.75) is 52.5 Å². The van der Waals surface area contributed by atoms with Crippen LogP contribution >= 0.6 is 24.0 Å². The topological polar surface area (TPSA) is 78.0 Å². The van der Waals surface area contributed by atoms with Gasteiger partial charge in [0.25, 0.3) is 0 Å². The van der Waals surface area contributed by atoms with Gasteiger partial charge >= 0.3 is 0 Å². The normalized spacial score (nSPS) is 16.0. The Morgan fingerprint density at radius 3 is 2.70 bits per heavy atom. The van der Waals surface area contributed by atoms with Gasteiger partial charge in [0.1, 0.15) is 6.33 Å². The quantitative estimate of drug-likeness (QED) is 0.315. The lowest BCUT2D eigenvalue weighted by atomic mass is 9.83. The van der Waals surface area contributed by atoms with Crippen molar-refractivity contribution in [3.05, 3.63) is 36.2 Å². The Balaban J connectivity index is 0.00000261. The molecule has 0 unspecified atom stereocenters. The first-order valence-corrected chi connectivity index (χ1v) is 9.71. The highest BCUT2D eigenvalue weighted by atomic mass is 127. The molecule has 1 aliphatic rings.